The van der Waals surface area contributed by atoms with Gasteiger partial charge in [-0.3, -0.25) is 9.59 Å². The van der Waals surface area contributed by atoms with Crippen LogP contribution in [0.4, 0.5) is 13.2 Å². The topological polar surface area (TPSA) is 55.4 Å². The van der Waals surface area contributed by atoms with Gasteiger partial charge in [0, 0.05) is 12.0 Å². The van der Waals surface area contributed by atoms with Crippen LogP contribution in [0.2, 0.25) is 0 Å². The fourth-order valence-electron chi connectivity index (χ4n) is 3.35. The second kappa shape index (κ2) is 8.98. The van der Waals surface area contributed by atoms with E-state index in [9.17, 15) is 22.8 Å². The van der Waals surface area contributed by atoms with Gasteiger partial charge in [-0.15, -0.1) is 0 Å². The van der Waals surface area contributed by atoms with Crippen molar-refractivity contribution in [3.8, 4) is 0 Å². The summed E-state index contributed by atoms with van der Waals surface area (Å²) in [5, 5.41) is 3.21. The maximum Gasteiger partial charge on any atom is 0.412 e. The number of carbonyl (C=O) groups is 2. The minimum absolute atomic E-state index is 0.0207. The van der Waals surface area contributed by atoms with Crippen LogP contribution in [-0.4, -0.2) is 25.2 Å². The Labute approximate surface area is 171 Å². The lowest BCUT2D eigenvalue weighted by Crippen LogP contribution is -2.38. The van der Waals surface area contributed by atoms with E-state index in [4.69, 9.17) is 0 Å². The number of fused-ring (bicyclic) bond motifs is 1. The van der Waals surface area contributed by atoms with E-state index >= 15 is 0 Å². The van der Waals surface area contributed by atoms with Crippen LogP contribution in [0.5, 0.6) is 0 Å². The number of aryl methyl sites for hydroxylation is 1. The van der Waals surface area contributed by atoms with Crippen molar-refractivity contribution < 1.29 is 27.5 Å². The molecule has 0 saturated heterocycles. The number of alkyl halides is 3. The van der Waals surface area contributed by atoms with Gasteiger partial charge in [0.15, 0.2) is 6.04 Å². The average molecular weight is 415 g/mol. The molecule has 0 saturated carbocycles. The lowest BCUT2D eigenvalue weighted by Gasteiger charge is -2.24. The molecule has 3 aromatic rings. The molecule has 3 aromatic carbocycles. The van der Waals surface area contributed by atoms with E-state index in [1.54, 1.807) is 48.5 Å². The number of hydrogen-bond donors (Lipinski definition) is 1. The smallest absolute Gasteiger partial charge is 0.412 e. The van der Waals surface area contributed by atoms with Crippen molar-refractivity contribution in [2.75, 3.05) is 7.11 Å². The molecule has 1 atom stereocenters. The fraction of sp³-hybridized carbons (Fsp3) is 0.217. The number of carbonyl (C=O) groups excluding carboxylic acids is 2. The normalized spacial score (nSPS) is 12.4. The van der Waals surface area contributed by atoms with E-state index in [0.29, 0.717) is 16.3 Å². The van der Waals surface area contributed by atoms with Crippen LogP contribution in [0.3, 0.4) is 0 Å². The third-order valence-electron chi connectivity index (χ3n) is 4.83. The SMILES string of the molecule is COC(=O)CCc1ccccc1C(=O)N[C@@H](c1cccc2ccccc12)C(F)(F)F. The van der Waals surface area contributed by atoms with Gasteiger partial charge in [-0.2, -0.15) is 13.2 Å². The summed E-state index contributed by atoms with van der Waals surface area (Å²) in [5.41, 5.74) is 0.538. The maximum atomic E-state index is 13.9. The number of benzene rings is 3. The number of methoxy groups -OCH3 is 1. The highest BCUT2D eigenvalue weighted by Crippen LogP contribution is 2.36. The number of hydrogen-bond acceptors (Lipinski definition) is 3. The summed E-state index contributed by atoms with van der Waals surface area (Å²) in [6.07, 6.45) is -4.49. The fourth-order valence-corrected chi connectivity index (χ4v) is 3.35. The van der Waals surface area contributed by atoms with E-state index in [-0.39, 0.29) is 24.0 Å². The predicted molar refractivity (Wildman–Crippen MR) is 107 cm³/mol. The number of esters is 1. The van der Waals surface area contributed by atoms with E-state index in [2.05, 4.69) is 10.1 Å². The quantitative estimate of drug-likeness (QED) is 0.578. The van der Waals surface area contributed by atoms with Crippen molar-refractivity contribution >= 4 is 22.6 Å². The third kappa shape index (κ3) is 4.79. The van der Waals surface area contributed by atoms with Crippen LogP contribution in [0.1, 0.15) is 33.9 Å². The molecule has 156 valence electrons. The van der Waals surface area contributed by atoms with Crippen LogP contribution in [-0.2, 0) is 16.0 Å². The zero-order valence-corrected chi connectivity index (χ0v) is 16.2. The van der Waals surface area contributed by atoms with E-state index < -0.39 is 24.1 Å². The largest absolute Gasteiger partial charge is 0.469 e. The van der Waals surface area contributed by atoms with Crippen molar-refractivity contribution in [3.05, 3.63) is 83.4 Å². The summed E-state index contributed by atoms with van der Waals surface area (Å²) in [6, 6.07) is 15.4. The van der Waals surface area contributed by atoms with Gasteiger partial charge in [0.1, 0.15) is 0 Å². The van der Waals surface area contributed by atoms with E-state index in [1.165, 1.54) is 25.3 Å². The second-order valence-corrected chi connectivity index (χ2v) is 6.75. The summed E-state index contributed by atoms with van der Waals surface area (Å²) in [5.74, 6) is -1.32. The van der Waals surface area contributed by atoms with Crippen molar-refractivity contribution in [2.24, 2.45) is 0 Å². The maximum absolute atomic E-state index is 13.9. The van der Waals surface area contributed by atoms with Crippen LogP contribution in [0.15, 0.2) is 66.7 Å². The molecule has 0 aliphatic rings. The Kier molecular flexibility index (Phi) is 6.40. The molecule has 0 aliphatic carbocycles. The van der Waals surface area contributed by atoms with Gasteiger partial charge in [0.05, 0.1) is 7.11 Å². The molecule has 1 N–H and O–H groups in total. The summed E-state index contributed by atoms with van der Waals surface area (Å²) in [7, 11) is 1.25. The van der Waals surface area contributed by atoms with E-state index in [1.807, 2.05) is 0 Å². The molecule has 1 amide bonds. The first kappa shape index (κ1) is 21.4. The van der Waals surface area contributed by atoms with Gasteiger partial charge >= 0.3 is 12.1 Å². The minimum atomic E-state index is -4.69. The molecular weight excluding hydrogens is 395 g/mol. The van der Waals surface area contributed by atoms with Crippen LogP contribution in [0, 0.1) is 0 Å². The van der Waals surface area contributed by atoms with Crippen molar-refractivity contribution in [2.45, 2.75) is 25.1 Å². The standard InChI is InChI=1S/C23H20F3NO3/c1-30-20(28)14-13-16-8-3-5-11-18(16)22(29)27-21(23(24,25)26)19-12-6-9-15-7-2-4-10-17(15)19/h2-12,21H,13-14H2,1H3,(H,27,29)/t21-/m0/s1. The summed E-state index contributed by atoms with van der Waals surface area (Å²) >= 11 is 0. The molecule has 0 heterocycles. The molecule has 0 fully saturated rings. The zero-order chi connectivity index (χ0) is 21.7. The molecular formula is C23H20F3NO3. The Morgan fingerprint density at radius 2 is 1.63 bits per heavy atom. The van der Waals surface area contributed by atoms with Gasteiger partial charge in [-0.25, -0.2) is 0 Å². The van der Waals surface area contributed by atoms with E-state index in [0.717, 1.165) is 0 Å². The molecule has 0 radical (unpaired) electrons. The number of halogens is 3. The first-order valence-corrected chi connectivity index (χ1v) is 9.31. The molecule has 4 nitrogen and oxygen atoms in total. The molecule has 0 unspecified atom stereocenters. The number of nitrogens with one attached hydrogen (secondary N) is 1. The second-order valence-electron chi connectivity index (χ2n) is 6.75. The number of amides is 1. The molecule has 0 aromatic heterocycles. The van der Waals surface area contributed by atoms with Gasteiger partial charge in [-0.1, -0.05) is 60.7 Å². The van der Waals surface area contributed by atoms with Crippen molar-refractivity contribution in [1.82, 2.24) is 5.32 Å². The highest BCUT2D eigenvalue weighted by molar-refractivity contribution is 5.96. The summed E-state index contributed by atoms with van der Waals surface area (Å²) < 4.78 is 46.4. The zero-order valence-electron chi connectivity index (χ0n) is 16.2. The first-order chi connectivity index (χ1) is 14.3. The molecule has 0 aliphatic heterocycles. The Morgan fingerprint density at radius 1 is 0.967 bits per heavy atom. The van der Waals surface area contributed by atoms with Gasteiger partial charge < -0.3 is 10.1 Å². The Morgan fingerprint density at radius 3 is 2.37 bits per heavy atom. The average Bonchev–Trinajstić information content (AvgIpc) is 2.74. The van der Waals surface area contributed by atoms with Gasteiger partial charge in [-0.05, 0) is 34.4 Å². The first-order valence-electron chi connectivity index (χ1n) is 9.31. The highest BCUT2D eigenvalue weighted by Gasteiger charge is 2.42. The lowest BCUT2D eigenvalue weighted by atomic mass is 9.97. The molecule has 7 heteroatoms. The number of ether oxygens (including phenoxy) is 1. The van der Waals surface area contributed by atoms with Crippen LogP contribution in [0.25, 0.3) is 10.8 Å². The van der Waals surface area contributed by atoms with Crippen molar-refractivity contribution in [3.63, 3.8) is 0 Å². The Balaban J connectivity index is 1.94. The number of rotatable bonds is 6. The molecule has 0 bridgehead atoms. The Bertz CT molecular complexity index is 1060. The lowest BCUT2D eigenvalue weighted by molar-refractivity contribution is -0.155. The molecule has 0 spiro atoms. The predicted octanol–water partition coefficient (Wildman–Crippen LogP) is 4.98. The van der Waals surface area contributed by atoms with Gasteiger partial charge in [0.2, 0.25) is 0 Å². The highest BCUT2D eigenvalue weighted by atomic mass is 19.4. The molecule has 30 heavy (non-hydrogen) atoms. The Hall–Kier alpha value is -3.35. The monoisotopic (exact) mass is 415 g/mol. The van der Waals surface area contributed by atoms with Crippen LogP contribution < -0.4 is 5.32 Å². The minimum Gasteiger partial charge on any atom is -0.469 e. The molecule has 3 rings (SSSR count). The third-order valence-corrected chi connectivity index (χ3v) is 4.83. The van der Waals surface area contributed by atoms with Crippen LogP contribution >= 0.6 is 0 Å². The van der Waals surface area contributed by atoms with Gasteiger partial charge in [0.25, 0.3) is 5.91 Å². The summed E-state index contributed by atoms with van der Waals surface area (Å²) in [4.78, 5) is 24.2. The summed E-state index contributed by atoms with van der Waals surface area (Å²) in [6.45, 7) is 0. The van der Waals surface area contributed by atoms with Crippen molar-refractivity contribution in [1.29, 1.82) is 0 Å².